The lowest BCUT2D eigenvalue weighted by atomic mass is 9.90. The Hall–Kier alpha value is -0.260. The van der Waals surface area contributed by atoms with Crippen LogP contribution in [-0.2, 0) is 0 Å². The molecule has 0 fully saturated rings. The Morgan fingerprint density at radius 1 is 1.83 bits per heavy atom. The summed E-state index contributed by atoms with van der Waals surface area (Å²) in [4.78, 5) is 0. The van der Waals surface area contributed by atoms with Gasteiger partial charge in [-0.15, -0.1) is 0 Å². The molecule has 0 aromatic carbocycles. The van der Waals surface area contributed by atoms with Crippen molar-refractivity contribution in [2.24, 2.45) is 5.92 Å². The van der Waals surface area contributed by atoms with E-state index in [0.29, 0.717) is 0 Å². The number of rotatable bonds is 0. The summed E-state index contributed by atoms with van der Waals surface area (Å²) in [5.41, 5.74) is 1.56. The van der Waals surface area contributed by atoms with Gasteiger partial charge in [-0.05, 0) is 19.3 Å². The highest BCUT2D eigenvalue weighted by atomic mass is 14.1. The molecule has 6 heavy (non-hydrogen) atoms. The third kappa shape index (κ3) is 0.469. The molecule has 0 saturated carbocycles. The van der Waals surface area contributed by atoms with Gasteiger partial charge in [-0.2, -0.15) is 0 Å². The van der Waals surface area contributed by atoms with E-state index >= 15 is 0 Å². The summed E-state index contributed by atoms with van der Waals surface area (Å²) in [5.74, 6) is 0.880. The highest BCUT2D eigenvalue weighted by Gasteiger charge is 2.07. The van der Waals surface area contributed by atoms with Gasteiger partial charge >= 0.3 is 0 Å². The van der Waals surface area contributed by atoms with Crippen molar-refractivity contribution < 1.29 is 0 Å². The van der Waals surface area contributed by atoms with E-state index in [9.17, 15) is 0 Å². The van der Waals surface area contributed by atoms with Crippen molar-refractivity contribution in [3.8, 4) is 0 Å². The summed E-state index contributed by atoms with van der Waals surface area (Å²) in [6.45, 7) is 4.42. The zero-order chi connectivity index (χ0) is 4.57. The van der Waals surface area contributed by atoms with E-state index in [-0.39, 0.29) is 0 Å². The van der Waals surface area contributed by atoms with Gasteiger partial charge < -0.3 is 0 Å². The largest absolute Gasteiger partial charge is 0.0824 e. The van der Waals surface area contributed by atoms with Gasteiger partial charge in [-0.3, -0.25) is 0 Å². The molecule has 0 aliphatic heterocycles. The van der Waals surface area contributed by atoms with E-state index in [2.05, 4.69) is 19.9 Å². The first kappa shape index (κ1) is 3.91. The minimum atomic E-state index is 0.880. The van der Waals surface area contributed by atoms with Crippen LogP contribution in [0.1, 0.15) is 20.3 Å². The fourth-order valence-electron chi connectivity index (χ4n) is 0.960. The molecule has 34 valence electrons. The first-order valence-corrected chi connectivity index (χ1v) is 2.46. The molecule has 1 unspecified atom stereocenters. The van der Waals surface area contributed by atoms with Crippen molar-refractivity contribution in [1.29, 1.82) is 0 Å². The van der Waals surface area contributed by atoms with E-state index in [1.54, 1.807) is 5.57 Å². The molecule has 0 amide bonds. The van der Waals surface area contributed by atoms with Gasteiger partial charge in [-0.1, -0.05) is 18.6 Å². The van der Waals surface area contributed by atoms with Crippen LogP contribution in [0.4, 0.5) is 0 Å². The normalized spacial score (nSPS) is 31.7. The van der Waals surface area contributed by atoms with E-state index in [4.69, 9.17) is 0 Å². The molecule has 0 nitrogen and oxygen atoms in total. The zero-order valence-electron chi connectivity index (χ0n) is 4.36. The summed E-state index contributed by atoms with van der Waals surface area (Å²) in [6, 6.07) is 0. The fourth-order valence-corrected chi connectivity index (χ4v) is 0.960. The standard InChI is InChI=1S/C6H10/c1-5-3-6(2)4-5/h3,5H,4H2,1-2H3. The molecule has 0 N–H and O–H groups in total. The van der Waals surface area contributed by atoms with E-state index in [0.717, 1.165) is 5.92 Å². The quantitative estimate of drug-likeness (QED) is 0.392. The number of allylic oxidation sites excluding steroid dienone is 2. The lowest BCUT2D eigenvalue weighted by Crippen LogP contribution is -2.01. The molecule has 1 aliphatic carbocycles. The predicted octanol–water partition coefficient (Wildman–Crippen LogP) is 1.97. The van der Waals surface area contributed by atoms with Crippen molar-refractivity contribution >= 4 is 0 Å². The van der Waals surface area contributed by atoms with Crippen molar-refractivity contribution in [2.75, 3.05) is 0 Å². The second kappa shape index (κ2) is 1.11. The Kier molecular flexibility index (Phi) is 0.722. The average molecular weight is 82.1 g/mol. The Bertz CT molecular complexity index is 80.0. The smallest absolute Gasteiger partial charge is 0.0222 e. The Morgan fingerprint density at radius 3 is 2.33 bits per heavy atom. The molecule has 1 rings (SSSR count). The van der Waals surface area contributed by atoms with Crippen molar-refractivity contribution in [1.82, 2.24) is 0 Å². The van der Waals surface area contributed by atoms with Crippen LogP contribution in [0.5, 0.6) is 0 Å². The van der Waals surface area contributed by atoms with Crippen LogP contribution < -0.4 is 0 Å². The van der Waals surface area contributed by atoms with Crippen LogP contribution in [0, 0.1) is 5.92 Å². The molecule has 0 spiro atoms. The first-order chi connectivity index (χ1) is 2.79. The van der Waals surface area contributed by atoms with Crippen LogP contribution in [0.2, 0.25) is 0 Å². The average Bonchev–Trinajstić information content (AvgIpc) is 1.33. The summed E-state index contributed by atoms with van der Waals surface area (Å²) < 4.78 is 0. The highest BCUT2D eigenvalue weighted by molar-refractivity contribution is 5.12. The maximum atomic E-state index is 2.31. The van der Waals surface area contributed by atoms with E-state index in [1.165, 1.54) is 6.42 Å². The summed E-state index contributed by atoms with van der Waals surface area (Å²) in [5, 5.41) is 0. The van der Waals surface area contributed by atoms with Gasteiger partial charge in [0.15, 0.2) is 0 Å². The van der Waals surface area contributed by atoms with Crippen LogP contribution in [0.15, 0.2) is 11.6 Å². The van der Waals surface area contributed by atoms with Gasteiger partial charge in [0.25, 0.3) is 0 Å². The maximum absolute atomic E-state index is 2.31. The molecule has 0 heterocycles. The number of hydrogen-bond donors (Lipinski definition) is 0. The van der Waals surface area contributed by atoms with Crippen LogP contribution >= 0.6 is 0 Å². The van der Waals surface area contributed by atoms with Gasteiger partial charge in [-0.25, -0.2) is 0 Å². The number of hydrogen-bond acceptors (Lipinski definition) is 0. The Labute approximate surface area is 38.9 Å². The molecule has 0 aromatic heterocycles. The second-order valence-electron chi connectivity index (χ2n) is 2.19. The van der Waals surface area contributed by atoms with Gasteiger partial charge in [0, 0.05) is 0 Å². The lowest BCUT2D eigenvalue weighted by Gasteiger charge is -2.16. The van der Waals surface area contributed by atoms with Crippen LogP contribution in [-0.4, -0.2) is 0 Å². The maximum Gasteiger partial charge on any atom is -0.0222 e. The van der Waals surface area contributed by atoms with Gasteiger partial charge in [0.05, 0.1) is 0 Å². The van der Waals surface area contributed by atoms with Gasteiger partial charge in [0.1, 0.15) is 0 Å². The minimum Gasteiger partial charge on any atom is -0.0824 e. The third-order valence-corrected chi connectivity index (χ3v) is 1.21. The molecule has 0 heteroatoms. The van der Waals surface area contributed by atoms with Crippen molar-refractivity contribution in [3.05, 3.63) is 11.6 Å². The third-order valence-electron chi connectivity index (χ3n) is 1.21. The molecule has 1 aliphatic rings. The van der Waals surface area contributed by atoms with Crippen LogP contribution in [0.3, 0.4) is 0 Å². The zero-order valence-corrected chi connectivity index (χ0v) is 4.36. The van der Waals surface area contributed by atoms with E-state index in [1.807, 2.05) is 0 Å². The van der Waals surface area contributed by atoms with Gasteiger partial charge in [0.2, 0.25) is 0 Å². The first-order valence-electron chi connectivity index (χ1n) is 2.46. The molecule has 1 atom stereocenters. The molecule has 0 radical (unpaired) electrons. The molecule has 0 saturated heterocycles. The molecular formula is C6H10. The monoisotopic (exact) mass is 82.1 g/mol. The fraction of sp³-hybridized carbons (Fsp3) is 0.667. The van der Waals surface area contributed by atoms with Crippen molar-refractivity contribution in [2.45, 2.75) is 20.3 Å². The summed E-state index contributed by atoms with van der Waals surface area (Å²) in [7, 11) is 0. The van der Waals surface area contributed by atoms with Crippen LogP contribution in [0.25, 0.3) is 0 Å². The SMILES string of the molecule is CC1=CC(C)C1. The Balaban J connectivity index is 2.46. The molecule has 0 bridgehead atoms. The van der Waals surface area contributed by atoms with Crippen molar-refractivity contribution in [3.63, 3.8) is 0 Å². The second-order valence-corrected chi connectivity index (χ2v) is 2.19. The molecule has 0 aromatic rings. The summed E-state index contributed by atoms with van der Waals surface area (Å²) >= 11 is 0. The topological polar surface area (TPSA) is 0 Å². The lowest BCUT2D eigenvalue weighted by molar-refractivity contribution is 0.639. The minimum absolute atomic E-state index is 0.880. The Morgan fingerprint density at radius 2 is 2.33 bits per heavy atom. The highest BCUT2D eigenvalue weighted by Crippen LogP contribution is 2.23. The predicted molar refractivity (Wildman–Crippen MR) is 27.5 cm³/mol. The van der Waals surface area contributed by atoms with E-state index < -0.39 is 0 Å². The summed E-state index contributed by atoms with van der Waals surface area (Å²) in [6.07, 6.45) is 3.64. The molecular weight excluding hydrogens is 72.1 g/mol.